The normalized spacial score (nSPS) is 13.9. The zero-order chi connectivity index (χ0) is 13.9. The van der Waals surface area contributed by atoms with Gasteiger partial charge in [-0.05, 0) is 25.0 Å². The maximum atomic E-state index is 12.7. The van der Waals surface area contributed by atoms with E-state index in [0.717, 1.165) is 18.4 Å². The number of fused-ring (bicyclic) bond motifs is 1. The van der Waals surface area contributed by atoms with Gasteiger partial charge in [0.1, 0.15) is 5.52 Å². The summed E-state index contributed by atoms with van der Waals surface area (Å²) in [5, 5.41) is 8.73. The number of aromatic nitrogens is 2. The molecule has 1 aromatic carbocycles. The van der Waals surface area contributed by atoms with Gasteiger partial charge in [-0.25, -0.2) is 0 Å². The van der Waals surface area contributed by atoms with E-state index in [9.17, 15) is 4.79 Å². The van der Waals surface area contributed by atoms with Crippen molar-refractivity contribution in [2.24, 2.45) is 0 Å². The molecule has 0 saturated heterocycles. The van der Waals surface area contributed by atoms with Gasteiger partial charge in [-0.15, -0.1) is 0 Å². The third-order valence-corrected chi connectivity index (χ3v) is 3.44. The van der Waals surface area contributed by atoms with Gasteiger partial charge in [0.05, 0.1) is 23.6 Å². The van der Waals surface area contributed by atoms with E-state index in [1.54, 1.807) is 23.4 Å². The first-order chi connectivity index (χ1) is 9.81. The van der Waals surface area contributed by atoms with Crippen molar-refractivity contribution in [3.05, 3.63) is 36.2 Å². The Hall–Kier alpha value is -2.48. The van der Waals surface area contributed by atoms with E-state index in [-0.39, 0.29) is 11.9 Å². The van der Waals surface area contributed by atoms with Crippen molar-refractivity contribution in [1.82, 2.24) is 14.9 Å². The smallest absolute Gasteiger partial charge is 0.256 e. The van der Waals surface area contributed by atoms with Crippen LogP contribution in [0.5, 0.6) is 0 Å². The van der Waals surface area contributed by atoms with Crippen LogP contribution in [0.25, 0.3) is 11.0 Å². The molecule has 3 rings (SSSR count). The Kier molecular flexibility index (Phi) is 3.30. The molecule has 2 aromatic rings. The number of hydrogen-bond donors (Lipinski definition) is 0. The minimum Gasteiger partial charge on any atom is -0.335 e. The van der Waals surface area contributed by atoms with Crippen LogP contribution in [0.15, 0.2) is 30.6 Å². The summed E-state index contributed by atoms with van der Waals surface area (Å²) in [5.74, 6) is -0.0474. The van der Waals surface area contributed by atoms with Crippen LogP contribution in [0.1, 0.15) is 29.6 Å². The van der Waals surface area contributed by atoms with E-state index in [1.807, 2.05) is 12.1 Å². The number of hydrogen-bond acceptors (Lipinski definition) is 4. The first-order valence-corrected chi connectivity index (χ1v) is 6.69. The van der Waals surface area contributed by atoms with Gasteiger partial charge in [-0.2, -0.15) is 5.26 Å². The number of amides is 1. The molecule has 1 aliphatic carbocycles. The van der Waals surface area contributed by atoms with Crippen molar-refractivity contribution >= 4 is 16.9 Å². The molecular weight excluding hydrogens is 252 g/mol. The average Bonchev–Trinajstić information content (AvgIpc) is 3.31. The Labute approximate surface area is 116 Å². The molecule has 1 heterocycles. The lowest BCUT2D eigenvalue weighted by molar-refractivity contribution is 0.0748. The van der Waals surface area contributed by atoms with Crippen LogP contribution >= 0.6 is 0 Å². The molecule has 0 radical (unpaired) electrons. The first-order valence-electron chi connectivity index (χ1n) is 6.69. The van der Waals surface area contributed by atoms with Crippen LogP contribution in [0.4, 0.5) is 0 Å². The second-order valence-electron chi connectivity index (χ2n) is 4.87. The number of rotatable bonds is 4. The van der Waals surface area contributed by atoms with Crippen LogP contribution in [0.2, 0.25) is 0 Å². The standard InChI is InChI=1S/C15H14N4O/c16-7-2-10-19(11-5-6-11)15(20)12-3-1-4-13-14(12)18-9-8-17-13/h1,3-4,8-9,11H,2,5-6,10H2. The third kappa shape index (κ3) is 2.32. The Bertz CT molecular complexity index is 682. The van der Waals surface area contributed by atoms with Gasteiger partial charge in [0.2, 0.25) is 0 Å². The largest absolute Gasteiger partial charge is 0.335 e. The molecule has 0 bridgehead atoms. The van der Waals surface area contributed by atoms with Gasteiger partial charge >= 0.3 is 0 Å². The van der Waals surface area contributed by atoms with Crippen molar-refractivity contribution in [3.63, 3.8) is 0 Å². The summed E-state index contributed by atoms with van der Waals surface area (Å²) in [4.78, 5) is 23.0. The number of carbonyl (C=O) groups is 1. The molecule has 1 fully saturated rings. The highest BCUT2D eigenvalue weighted by Gasteiger charge is 2.33. The highest BCUT2D eigenvalue weighted by Crippen LogP contribution is 2.29. The quantitative estimate of drug-likeness (QED) is 0.850. The van der Waals surface area contributed by atoms with Gasteiger partial charge in [0.25, 0.3) is 5.91 Å². The molecule has 0 aliphatic heterocycles. The number of para-hydroxylation sites is 1. The van der Waals surface area contributed by atoms with Gasteiger partial charge in [-0.3, -0.25) is 14.8 Å². The summed E-state index contributed by atoms with van der Waals surface area (Å²) < 4.78 is 0. The van der Waals surface area contributed by atoms with Crippen LogP contribution in [0, 0.1) is 11.3 Å². The topological polar surface area (TPSA) is 69.9 Å². The van der Waals surface area contributed by atoms with E-state index < -0.39 is 0 Å². The van der Waals surface area contributed by atoms with Crippen LogP contribution in [-0.4, -0.2) is 33.4 Å². The molecule has 1 saturated carbocycles. The molecule has 0 unspecified atom stereocenters. The molecule has 5 nitrogen and oxygen atoms in total. The SMILES string of the molecule is N#CCCN(C(=O)c1cccc2nccnc12)C1CC1. The number of nitriles is 1. The van der Waals surface area contributed by atoms with Gasteiger partial charge in [0, 0.05) is 25.0 Å². The van der Waals surface area contributed by atoms with Gasteiger partial charge in [-0.1, -0.05) is 6.07 Å². The maximum absolute atomic E-state index is 12.7. The Morgan fingerprint density at radius 2 is 2.15 bits per heavy atom. The number of benzene rings is 1. The molecule has 20 heavy (non-hydrogen) atoms. The third-order valence-electron chi connectivity index (χ3n) is 3.44. The molecular formula is C15H14N4O. The minimum atomic E-state index is -0.0474. The predicted molar refractivity (Wildman–Crippen MR) is 73.8 cm³/mol. The Morgan fingerprint density at radius 3 is 2.90 bits per heavy atom. The van der Waals surface area contributed by atoms with E-state index in [4.69, 9.17) is 5.26 Å². The first kappa shape index (κ1) is 12.5. The fourth-order valence-corrected chi connectivity index (χ4v) is 2.33. The molecule has 1 aromatic heterocycles. The summed E-state index contributed by atoms with van der Waals surface area (Å²) in [7, 11) is 0. The summed E-state index contributed by atoms with van der Waals surface area (Å²) in [6, 6.07) is 7.82. The van der Waals surface area contributed by atoms with Crippen LogP contribution < -0.4 is 0 Å². The average molecular weight is 266 g/mol. The fourth-order valence-electron chi connectivity index (χ4n) is 2.33. The van der Waals surface area contributed by atoms with Crippen LogP contribution in [0.3, 0.4) is 0 Å². The van der Waals surface area contributed by atoms with Gasteiger partial charge < -0.3 is 4.90 Å². The van der Waals surface area contributed by atoms with Gasteiger partial charge in [0.15, 0.2) is 0 Å². The molecule has 0 N–H and O–H groups in total. The lowest BCUT2D eigenvalue weighted by atomic mass is 10.1. The molecule has 1 aliphatic rings. The van der Waals surface area contributed by atoms with E-state index >= 15 is 0 Å². The van der Waals surface area contributed by atoms with E-state index in [1.165, 1.54) is 0 Å². The summed E-state index contributed by atoms with van der Waals surface area (Å²) in [6.45, 7) is 0.483. The Morgan fingerprint density at radius 1 is 1.35 bits per heavy atom. The highest BCUT2D eigenvalue weighted by atomic mass is 16.2. The fraction of sp³-hybridized carbons (Fsp3) is 0.333. The van der Waals surface area contributed by atoms with Crippen molar-refractivity contribution in [2.75, 3.05) is 6.54 Å². The van der Waals surface area contributed by atoms with Crippen molar-refractivity contribution in [2.45, 2.75) is 25.3 Å². The highest BCUT2D eigenvalue weighted by molar-refractivity contribution is 6.04. The number of nitrogens with zero attached hydrogens (tertiary/aromatic N) is 4. The zero-order valence-electron chi connectivity index (χ0n) is 11.0. The lowest BCUT2D eigenvalue weighted by Gasteiger charge is -2.21. The van der Waals surface area contributed by atoms with Crippen molar-refractivity contribution in [1.29, 1.82) is 5.26 Å². The summed E-state index contributed by atoms with van der Waals surface area (Å²) in [6.07, 6.45) is 5.61. The number of carbonyl (C=O) groups excluding carboxylic acids is 1. The van der Waals surface area contributed by atoms with Crippen LogP contribution in [-0.2, 0) is 0 Å². The molecule has 0 spiro atoms. The monoisotopic (exact) mass is 266 g/mol. The molecule has 5 heteroatoms. The zero-order valence-corrected chi connectivity index (χ0v) is 11.0. The van der Waals surface area contributed by atoms with Crippen molar-refractivity contribution < 1.29 is 4.79 Å². The minimum absolute atomic E-state index is 0.0474. The maximum Gasteiger partial charge on any atom is 0.256 e. The molecule has 1 amide bonds. The molecule has 100 valence electrons. The molecule has 0 atom stereocenters. The second kappa shape index (κ2) is 5.25. The predicted octanol–water partition coefficient (Wildman–Crippen LogP) is 2.15. The summed E-state index contributed by atoms with van der Waals surface area (Å²) in [5.41, 5.74) is 1.91. The second-order valence-corrected chi connectivity index (χ2v) is 4.87. The lowest BCUT2D eigenvalue weighted by Crippen LogP contribution is -2.34. The van der Waals surface area contributed by atoms with Crippen molar-refractivity contribution in [3.8, 4) is 6.07 Å². The van der Waals surface area contributed by atoms with E-state index in [0.29, 0.717) is 24.0 Å². The summed E-state index contributed by atoms with van der Waals surface area (Å²) >= 11 is 0. The van der Waals surface area contributed by atoms with E-state index in [2.05, 4.69) is 16.0 Å². The Balaban J connectivity index is 1.96.